The van der Waals surface area contributed by atoms with Crippen LogP contribution in [0, 0.1) is 13.8 Å². The summed E-state index contributed by atoms with van der Waals surface area (Å²) in [6, 6.07) is 11.7. The van der Waals surface area contributed by atoms with Crippen molar-refractivity contribution in [3.05, 3.63) is 91.6 Å². The zero-order valence-electron chi connectivity index (χ0n) is 17.9. The highest BCUT2D eigenvalue weighted by atomic mass is 35.5. The summed E-state index contributed by atoms with van der Waals surface area (Å²) in [5.41, 5.74) is 2.24. The van der Waals surface area contributed by atoms with Crippen molar-refractivity contribution in [2.45, 2.75) is 26.6 Å². The fourth-order valence-corrected chi connectivity index (χ4v) is 4.90. The first-order chi connectivity index (χ1) is 16.0. The van der Waals surface area contributed by atoms with Crippen LogP contribution in [0.15, 0.2) is 53.4 Å². The molecule has 1 aliphatic heterocycles. The average molecular weight is 525 g/mol. The number of thioether (sulfide) groups is 1. The van der Waals surface area contributed by atoms with Crippen LogP contribution in [0.25, 0.3) is 11.8 Å². The van der Waals surface area contributed by atoms with Gasteiger partial charge in [-0.05, 0) is 79.2 Å². The highest BCUT2D eigenvalue weighted by Crippen LogP contribution is 2.36. The molecule has 176 valence electrons. The van der Waals surface area contributed by atoms with E-state index in [1.165, 1.54) is 6.07 Å². The molecule has 2 aromatic carbocycles. The first-order valence-corrected chi connectivity index (χ1v) is 11.6. The molecule has 1 aliphatic rings. The minimum absolute atomic E-state index is 0.0438. The minimum Gasteiger partial charge on any atom is -0.318 e. The van der Waals surface area contributed by atoms with Crippen molar-refractivity contribution in [3.8, 4) is 5.69 Å². The van der Waals surface area contributed by atoms with E-state index < -0.39 is 22.9 Å². The number of imide groups is 1. The summed E-state index contributed by atoms with van der Waals surface area (Å²) >= 11 is 12.8. The number of rotatable bonds is 4. The quantitative estimate of drug-likeness (QED) is 0.329. The normalized spacial score (nSPS) is 15.6. The predicted molar refractivity (Wildman–Crippen MR) is 128 cm³/mol. The number of aromatic nitrogens is 1. The Hall–Kier alpha value is -2.68. The van der Waals surface area contributed by atoms with Gasteiger partial charge in [-0.1, -0.05) is 35.3 Å². The standard InChI is InChI=1S/C24H17Cl2F3N2O2S/c1-13-8-16(14(2)31(13)18-5-3-4-17(11-18)24(27,28)29)10-21-22(32)30(23(33)34-21)12-15-6-7-19(25)20(26)9-15/h3-11H,12H2,1-2H3/b21-10-. The number of hydrogen-bond donors (Lipinski definition) is 0. The van der Waals surface area contributed by atoms with Crippen LogP contribution in [0.1, 0.15) is 28.1 Å². The molecule has 0 N–H and O–H groups in total. The molecule has 3 aromatic rings. The summed E-state index contributed by atoms with van der Waals surface area (Å²) in [5.74, 6) is -0.454. The first kappa shape index (κ1) is 24.4. The fourth-order valence-electron chi connectivity index (χ4n) is 3.75. The average Bonchev–Trinajstić information content (AvgIpc) is 3.19. The number of carbonyl (C=O) groups is 2. The highest BCUT2D eigenvalue weighted by molar-refractivity contribution is 8.18. The molecule has 0 spiro atoms. The Bertz CT molecular complexity index is 1350. The van der Waals surface area contributed by atoms with Crippen molar-refractivity contribution in [1.29, 1.82) is 0 Å². The van der Waals surface area contributed by atoms with E-state index in [2.05, 4.69) is 0 Å². The van der Waals surface area contributed by atoms with Gasteiger partial charge in [0.1, 0.15) is 0 Å². The lowest BCUT2D eigenvalue weighted by Gasteiger charge is -2.13. The van der Waals surface area contributed by atoms with Crippen LogP contribution >= 0.6 is 35.0 Å². The Kier molecular flexibility index (Phi) is 6.59. The highest BCUT2D eigenvalue weighted by Gasteiger charge is 2.35. The molecule has 1 aromatic heterocycles. The van der Waals surface area contributed by atoms with Crippen molar-refractivity contribution < 1.29 is 22.8 Å². The van der Waals surface area contributed by atoms with Crippen LogP contribution in [0.2, 0.25) is 10.0 Å². The molecule has 0 radical (unpaired) electrons. The van der Waals surface area contributed by atoms with Gasteiger partial charge < -0.3 is 4.57 Å². The molecule has 4 nitrogen and oxygen atoms in total. The summed E-state index contributed by atoms with van der Waals surface area (Å²) in [4.78, 5) is 26.8. The maximum absolute atomic E-state index is 13.2. The Morgan fingerprint density at radius 1 is 1.00 bits per heavy atom. The molecular weight excluding hydrogens is 508 g/mol. The van der Waals surface area contributed by atoms with Gasteiger partial charge in [-0.15, -0.1) is 0 Å². The number of hydrogen-bond acceptors (Lipinski definition) is 3. The number of nitrogens with zero attached hydrogens (tertiary/aromatic N) is 2. The zero-order valence-corrected chi connectivity index (χ0v) is 20.2. The third kappa shape index (κ3) is 4.76. The van der Waals surface area contributed by atoms with Crippen LogP contribution in [-0.2, 0) is 17.5 Å². The molecule has 1 fully saturated rings. The van der Waals surface area contributed by atoms with E-state index in [0.29, 0.717) is 38.2 Å². The predicted octanol–water partition coefficient (Wildman–Crippen LogP) is 7.66. The summed E-state index contributed by atoms with van der Waals surface area (Å²) < 4.78 is 41.2. The molecule has 0 saturated carbocycles. The Morgan fingerprint density at radius 3 is 2.41 bits per heavy atom. The van der Waals surface area contributed by atoms with Crippen molar-refractivity contribution in [3.63, 3.8) is 0 Å². The van der Waals surface area contributed by atoms with Gasteiger partial charge >= 0.3 is 6.18 Å². The van der Waals surface area contributed by atoms with Gasteiger partial charge in [-0.25, -0.2) is 0 Å². The molecule has 2 amide bonds. The van der Waals surface area contributed by atoms with E-state index >= 15 is 0 Å². The second-order valence-corrected chi connectivity index (χ2v) is 9.53. The lowest BCUT2D eigenvalue weighted by molar-refractivity contribution is -0.137. The zero-order chi connectivity index (χ0) is 24.8. The molecule has 0 unspecified atom stereocenters. The minimum atomic E-state index is -4.46. The number of amides is 2. The van der Waals surface area contributed by atoms with E-state index in [0.717, 1.165) is 28.8 Å². The fraction of sp³-hybridized carbons (Fsp3) is 0.167. The van der Waals surface area contributed by atoms with Crippen LogP contribution in [0.4, 0.5) is 18.0 Å². The van der Waals surface area contributed by atoms with Gasteiger partial charge in [0, 0.05) is 17.1 Å². The SMILES string of the molecule is Cc1cc(/C=C2\SC(=O)N(Cc3ccc(Cl)c(Cl)c3)C2=O)c(C)n1-c1cccc(C(F)(F)F)c1. The summed E-state index contributed by atoms with van der Waals surface area (Å²) in [5, 5.41) is 0.272. The topological polar surface area (TPSA) is 42.3 Å². The van der Waals surface area contributed by atoms with E-state index in [1.54, 1.807) is 54.8 Å². The van der Waals surface area contributed by atoms with Crippen LogP contribution in [-0.4, -0.2) is 20.6 Å². The number of halogens is 5. The van der Waals surface area contributed by atoms with Gasteiger partial charge in [-0.2, -0.15) is 13.2 Å². The number of aryl methyl sites for hydroxylation is 1. The maximum Gasteiger partial charge on any atom is 0.416 e. The monoisotopic (exact) mass is 524 g/mol. The van der Waals surface area contributed by atoms with Crippen molar-refractivity contribution in [2.75, 3.05) is 0 Å². The Morgan fingerprint density at radius 2 is 1.74 bits per heavy atom. The van der Waals surface area contributed by atoms with Crippen LogP contribution in [0.3, 0.4) is 0 Å². The van der Waals surface area contributed by atoms with E-state index in [4.69, 9.17) is 23.2 Å². The summed E-state index contributed by atoms with van der Waals surface area (Å²) in [6.45, 7) is 3.56. The molecule has 0 bridgehead atoms. The molecule has 10 heteroatoms. The second-order valence-electron chi connectivity index (χ2n) is 7.73. The van der Waals surface area contributed by atoms with Crippen LogP contribution < -0.4 is 0 Å². The van der Waals surface area contributed by atoms with Gasteiger partial charge in [0.25, 0.3) is 11.1 Å². The Labute approximate surface area is 207 Å². The first-order valence-electron chi connectivity index (χ1n) is 10.0. The van der Waals surface area contributed by atoms with E-state index in [-0.39, 0.29) is 11.4 Å². The molecule has 0 atom stereocenters. The van der Waals surface area contributed by atoms with Crippen molar-refractivity contribution >= 4 is 52.2 Å². The number of carbonyl (C=O) groups excluding carboxylic acids is 2. The van der Waals surface area contributed by atoms with Gasteiger partial charge in [0.15, 0.2) is 0 Å². The lowest BCUT2D eigenvalue weighted by atomic mass is 10.2. The third-order valence-electron chi connectivity index (χ3n) is 5.39. The van der Waals surface area contributed by atoms with E-state index in [9.17, 15) is 22.8 Å². The summed E-state index contributed by atoms with van der Waals surface area (Å²) in [6.07, 6.45) is -2.87. The largest absolute Gasteiger partial charge is 0.416 e. The Balaban J connectivity index is 1.63. The lowest BCUT2D eigenvalue weighted by Crippen LogP contribution is -2.27. The summed E-state index contributed by atoms with van der Waals surface area (Å²) in [7, 11) is 0. The number of benzene rings is 2. The molecule has 1 saturated heterocycles. The van der Waals surface area contributed by atoms with Crippen LogP contribution in [0.5, 0.6) is 0 Å². The maximum atomic E-state index is 13.2. The molecular formula is C24H17Cl2F3N2O2S. The van der Waals surface area contributed by atoms with Gasteiger partial charge in [-0.3, -0.25) is 14.5 Å². The third-order valence-corrected chi connectivity index (χ3v) is 7.03. The van der Waals surface area contributed by atoms with Gasteiger partial charge in [0.2, 0.25) is 0 Å². The molecule has 0 aliphatic carbocycles. The molecule has 2 heterocycles. The second kappa shape index (κ2) is 9.17. The molecule has 4 rings (SSSR count). The molecule has 34 heavy (non-hydrogen) atoms. The van der Waals surface area contributed by atoms with E-state index in [1.807, 2.05) is 0 Å². The van der Waals surface area contributed by atoms with Gasteiger partial charge in [0.05, 0.1) is 27.1 Å². The van der Waals surface area contributed by atoms with Crippen molar-refractivity contribution in [1.82, 2.24) is 9.47 Å². The number of alkyl halides is 3. The van der Waals surface area contributed by atoms with Crippen molar-refractivity contribution in [2.24, 2.45) is 0 Å². The smallest absolute Gasteiger partial charge is 0.318 e.